The summed E-state index contributed by atoms with van der Waals surface area (Å²) in [4.78, 5) is 0. The van der Waals surface area contributed by atoms with E-state index in [1.54, 1.807) is 0 Å². The van der Waals surface area contributed by atoms with Gasteiger partial charge >= 0.3 is 0 Å². The predicted octanol–water partition coefficient (Wildman–Crippen LogP) is 4.70. The van der Waals surface area contributed by atoms with Crippen LogP contribution in [0.15, 0.2) is 0 Å². The number of rotatable bonds is 12. The average molecular weight is 413 g/mol. The number of hydrogen-bond acceptors (Lipinski definition) is 3. The lowest BCUT2D eigenvalue weighted by molar-refractivity contribution is -0.0810. The van der Waals surface area contributed by atoms with Crippen LogP contribution in [0.4, 0.5) is 0 Å². The van der Waals surface area contributed by atoms with E-state index < -0.39 is 0 Å². The first-order valence-electron chi connectivity index (χ1n) is 8.22. The molecule has 0 aliphatic carbocycles. The monoisotopic (exact) mass is 413 g/mol. The third-order valence-electron chi connectivity index (χ3n) is 4.51. The van der Waals surface area contributed by atoms with Crippen LogP contribution in [0.1, 0.15) is 73.6 Å². The Morgan fingerprint density at radius 2 is 1.48 bits per heavy atom. The Hall–Kier alpha value is 0.610. The van der Waals surface area contributed by atoms with Gasteiger partial charge < -0.3 is 15.2 Å². The normalized spacial score (nSPS) is 18.3. The van der Waals surface area contributed by atoms with Crippen molar-refractivity contribution in [1.82, 2.24) is 0 Å². The van der Waals surface area contributed by atoms with Crippen molar-refractivity contribution in [3.05, 3.63) is 0 Å². The Kier molecular flexibility index (Phi) is 9.96. The smallest absolute Gasteiger partial charge is 0.0674 e. The van der Waals surface area contributed by atoms with Crippen LogP contribution in [0.5, 0.6) is 0 Å². The first-order chi connectivity index (χ1) is 9.60. The zero-order valence-corrected chi connectivity index (χ0v) is 17.1. The molecule has 0 heterocycles. The minimum Gasteiger partial charge on any atom is -0.375 e. The summed E-state index contributed by atoms with van der Waals surface area (Å²) in [7, 11) is 0. The van der Waals surface area contributed by atoms with Crippen molar-refractivity contribution in [3.8, 4) is 0 Å². The van der Waals surface area contributed by atoms with Crippen LogP contribution in [0.25, 0.3) is 0 Å². The van der Waals surface area contributed by atoms with E-state index in [1.165, 1.54) is 0 Å². The molecule has 0 spiro atoms. The summed E-state index contributed by atoms with van der Waals surface area (Å²) in [6.45, 7) is 14.5. The first kappa shape index (κ1) is 21.6. The fraction of sp³-hybridized carbons (Fsp3) is 1.00. The van der Waals surface area contributed by atoms with Gasteiger partial charge in [0, 0.05) is 9.97 Å². The van der Waals surface area contributed by atoms with Gasteiger partial charge in [-0.1, -0.05) is 36.4 Å². The number of hydrogen-bond donors (Lipinski definition) is 1. The number of ether oxygens (including phenoxy) is 2. The molecule has 0 amide bonds. The van der Waals surface area contributed by atoms with Crippen molar-refractivity contribution in [2.24, 2.45) is 5.73 Å². The van der Waals surface area contributed by atoms with Crippen molar-refractivity contribution < 1.29 is 9.47 Å². The van der Waals surface area contributed by atoms with Gasteiger partial charge in [0.05, 0.1) is 24.4 Å². The van der Waals surface area contributed by atoms with Gasteiger partial charge in [0.2, 0.25) is 0 Å². The molecule has 0 fully saturated rings. The van der Waals surface area contributed by atoms with Gasteiger partial charge in [-0.15, -0.1) is 0 Å². The van der Waals surface area contributed by atoms with Crippen LogP contribution in [-0.2, 0) is 9.47 Å². The van der Waals surface area contributed by atoms with Gasteiger partial charge in [0.25, 0.3) is 0 Å². The molecule has 0 aromatic rings. The molecule has 0 aromatic carbocycles. The fourth-order valence-corrected chi connectivity index (χ4v) is 2.23. The van der Waals surface area contributed by atoms with E-state index in [0.717, 1.165) is 49.7 Å². The zero-order chi connectivity index (χ0) is 16.6. The molecule has 4 heteroatoms. The lowest BCUT2D eigenvalue weighted by Crippen LogP contribution is -2.39. The Labute approximate surface area is 145 Å². The molecule has 0 radical (unpaired) electrons. The third-order valence-corrected chi connectivity index (χ3v) is 4.95. The molecule has 21 heavy (non-hydrogen) atoms. The SMILES string of the molecule is CCC(C)(N)CCC(C)(C)OCCC(C)(CC)OCCI. The fourth-order valence-electron chi connectivity index (χ4n) is 2.01. The zero-order valence-electron chi connectivity index (χ0n) is 14.9. The summed E-state index contributed by atoms with van der Waals surface area (Å²) in [5.41, 5.74) is 5.96. The summed E-state index contributed by atoms with van der Waals surface area (Å²) < 4.78 is 13.1. The number of nitrogens with two attached hydrogens (primary N) is 1. The second-order valence-electron chi connectivity index (χ2n) is 7.21. The topological polar surface area (TPSA) is 44.5 Å². The van der Waals surface area contributed by atoms with E-state index in [1.807, 2.05) is 0 Å². The molecule has 0 saturated carbocycles. The Balaban J connectivity index is 4.17. The van der Waals surface area contributed by atoms with Gasteiger partial charge in [0.1, 0.15) is 0 Å². The van der Waals surface area contributed by atoms with E-state index in [-0.39, 0.29) is 16.7 Å². The minimum absolute atomic E-state index is 0.0624. The third kappa shape index (κ3) is 10.1. The molecule has 0 bridgehead atoms. The van der Waals surface area contributed by atoms with Crippen molar-refractivity contribution >= 4 is 22.6 Å². The second kappa shape index (κ2) is 9.68. The van der Waals surface area contributed by atoms with Crippen molar-refractivity contribution in [2.75, 3.05) is 17.6 Å². The van der Waals surface area contributed by atoms with Crippen molar-refractivity contribution in [3.63, 3.8) is 0 Å². The molecule has 0 saturated heterocycles. The molecular formula is C17H36INO2. The van der Waals surface area contributed by atoms with E-state index in [0.29, 0.717) is 0 Å². The molecule has 0 aliphatic rings. The van der Waals surface area contributed by atoms with Crippen molar-refractivity contribution in [2.45, 2.75) is 90.4 Å². The highest BCUT2D eigenvalue weighted by molar-refractivity contribution is 14.1. The minimum atomic E-state index is -0.117. The van der Waals surface area contributed by atoms with E-state index in [4.69, 9.17) is 15.2 Å². The van der Waals surface area contributed by atoms with Crippen LogP contribution < -0.4 is 5.73 Å². The average Bonchev–Trinajstić information content (AvgIpc) is 2.43. The highest BCUT2D eigenvalue weighted by Gasteiger charge is 2.27. The second-order valence-corrected chi connectivity index (χ2v) is 8.29. The van der Waals surface area contributed by atoms with Crippen LogP contribution in [0.2, 0.25) is 0 Å². The van der Waals surface area contributed by atoms with Crippen LogP contribution in [0.3, 0.4) is 0 Å². The standard InChI is InChI=1S/C17H36INO2/c1-7-16(5,19)10-9-15(3,4)20-13-11-17(6,8-2)21-14-12-18/h7-14,19H2,1-6H3. The highest BCUT2D eigenvalue weighted by Crippen LogP contribution is 2.25. The van der Waals surface area contributed by atoms with E-state index in [9.17, 15) is 0 Å². The Bertz CT molecular complexity index is 282. The maximum Gasteiger partial charge on any atom is 0.0674 e. The van der Waals surface area contributed by atoms with E-state index >= 15 is 0 Å². The molecule has 0 aliphatic heterocycles. The summed E-state index contributed by atoms with van der Waals surface area (Å²) in [6, 6.07) is 0. The Morgan fingerprint density at radius 1 is 0.857 bits per heavy atom. The van der Waals surface area contributed by atoms with Gasteiger partial charge in [0.15, 0.2) is 0 Å². The number of halogens is 1. The lowest BCUT2D eigenvalue weighted by Gasteiger charge is -2.33. The Morgan fingerprint density at radius 3 is 1.95 bits per heavy atom. The quantitative estimate of drug-likeness (QED) is 0.373. The highest BCUT2D eigenvalue weighted by atomic mass is 127. The first-order valence-corrected chi connectivity index (χ1v) is 9.75. The maximum atomic E-state index is 6.22. The lowest BCUT2D eigenvalue weighted by atomic mass is 9.89. The molecule has 128 valence electrons. The largest absolute Gasteiger partial charge is 0.375 e. The van der Waals surface area contributed by atoms with E-state index in [2.05, 4.69) is 64.1 Å². The molecule has 2 atom stereocenters. The van der Waals surface area contributed by atoms with Crippen LogP contribution in [0, 0.1) is 0 Å². The molecule has 2 unspecified atom stereocenters. The van der Waals surface area contributed by atoms with Crippen LogP contribution in [-0.4, -0.2) is 34.4 Å². The summed E-state index contributed by atoms with van der Waals surface area (Å²) >= 11 is 2.35. The molecule has 3 nitrogen and oxygen atoms in total. The van der Waals surface area contributed by atoms with Gasteiger partial charge in [-0.05, 0) is 59.8 Å². The van der Waals surface area contributed by atoms with Gasteiger partial charge in [-0.3, -0.25) is 0 Å². The predicted molar refractivity (Wildman–Crippen MR) is 100 cm³/mol. The summed E-state index contributed by atoms with van der Waals surface area (Å²) in [5.74, 6) is 0. The summed E-state index contributed by atoms with van der Waals surface area (Å²) in [6.07, 6.45) is 4.95. The molecule has 0 rings (SSSR count). The molecule has 0 aromatic heterocycles. The van der Waals surface area contributed by atoms with Gasteiger partial charge in [-0.2, -0.15) is 0 Å². The maximum absolute atomic E-state index is 6.22. The molecular weight excluding hydrogens is 377 g/mol. The molecule has 2 N–H and O–H groups in total. The van der Waals surface area contributed by atoms with Gasteiger partial charge in [-0.25, -0.2) is 0 Å². The van der Waals surface area contributed by atoms with Crippen LogP contribution >= 0.6 is 22.6 Å². The van der Waals surface area contributed by atoms with Crippen molar-refractivity contribution in [1.29, 1.82) is 0 Å². The number of alkyl halides is 1. The summed E-state index contributed by atoms with van der Waals surface area (Å²) in [5, 5.41) is 0.